The van der Waals surface area contributed by atoms with E-state index in [1.54, 1.807) is 0 Å². The van der Waals surface area contributed by atoms with Gasteiger partial charge in [0.25, 0.3) is 0 Å². The second kappa shape index (κ2) is 8.97. The highest BCUT2D eigenvalue weighted by atomic mass is 16.5. The first-order valence-corrected chi connectivity index (χ1v) is 8.30. The first-order valence-electron chi connectivity index (χ1n) is 8.30. The maximum absolute atomic E-state index is 5.87. The maximum atomic E-state index is 5.87. The molecule has 0 bridgehead atoms. The lowest BCUT2D eigenvalue weighted by molar-refractivity contribution is -0.0713. The van der Waals surface area contributed by atoms with E-state index in [1.165, 1.54) is 38.5 Å². The summed E-state index contributed by atoms with van der Waals surface area (Å²) in [6.45, 7) is 12.3. The zero-order chi connectivity index (χ0) is 14.1. The molecule has 0 unspecified atom stereocenters. The van der Waals surface area contributed by atoms with Crippen LogP contribution in [0.3, 0.4) is 0 Å². The third-order valence-corrected chi connectivity index (χ3v) is 4.47. The van der Waals surface area contributed by atoms with Crippen molar-refractivity contribution >= 4 is 0 Å². The van der Waals surface area contributed by atoms with Crippen LogP contribution in [0, 0.1) is 17.3 Å². The molecule has 19 heavy (non-hydrogen) atoms. The van der Waals surface area contributed by atoms with Gasteiger partial charge in [-0.05, 0) is 44.9 Å². The SMILES string of the molecule is CCOCC(COCC)(CC(C)C)C1CCCCC1. The molecule has 0 heterocycles. The predicted molar refractivity (Wildman–Crippen MR) is 81.4 cm³/mol. The van der Waals surface area contributed by atoms with Crippen molar-refractivity contribution in [1.82, 2.24) is 0 Å². The monoisotopic (exact) mass is 270 g/mol. The van der Waals surface area contributed by atoms with E-state index in [0.717, 1.165) is 32.3 Å². The molecule has 1 aliphatic carbocycles. The molecule has 0 aromatic carbocycles. The summed E-state index contributed by atoms with van der Waals surface area (Å²) >= 11 is 0. The molecule has 2 heteroatoms. The van der Waals surface area contributed by atoms with Gasteiger partial charge in [0.1, 0.15) is 0 Å². The summed E-state index contributed by atoms with van der Waals surface area (Å²) in [4.78, 5) is 0. The van der Waals surface area contributed by atoms with Crippen LogP contribution in [0.15, 0.2) is 0 Å². The van der Waals surface area contributed by atoms with Gasteiger partial charge in [-0.1, -0.05) is 33.1 Å². The molecule has 0 radical (unpaired) electrons. The minimum atomic E-state index is 0.251. The van der Waals surface area contributed by atoms with Crippen molar-refractivity contribution in [3.8, 4) is 0 Å². The largest absolute Gasteiger partial charge is 0.381 e. The van der Waals surface area contributed by atoms with Crippen molar-refractivity contribution in [2.75, 3.05) is 26.4 Å². The molecule has 1 rings (SSSR count). The lowest BCUT2D eigenvalue weighted by atomic mass is 9.66. The van der Waals surface area contributed by atoms with Gasteiger partial charge in [-0.2, -0.15) is 0 Å². The molecular weight excluding hydrogens is 236 g/mol. The molecular formula is C17H34O2. The molecule has 2 nitrogen and oxygen atoms in total. The van der Waals surface area contributed by atoms with E-state index in [0.29, 0.717) is 5.92 Å². The van der Waals surface area contributed by atoms with Crippen LogP contribution < -0.4 is 0 Å². The van der Waals surface area contributed by atoms with Crippen LogP contribution in [-0.4, -0.2) is 26.4 Å². The van der Waals surface area contributed by atoms with Gasteiger partial charge in [0.05, 0.1) is 13.2 Å². The topological polar surface area (TPSA) is 18.5 Å². The molecule has 1 fully saturated rings. The van der Waals surface area contributed by atoms with Crippen molar-refractivity contribution in [3.63, 3.8) is 0 Å². The highest BCUT2D eigenvalue weighted by molar-refractivity contribution is 4.89. The zero-order valence-corrected chi connectivity index (χ0v) is 13.5. The fourth-order valence-electron chi connectivity index (χ4n) is 3.70. The van der Waals surface area contributed by atoms with Crippen LogP contribution in [0.5, 0.6) is 0 Å². The van der Waals surface area contributed by atoms with Crippen LogP contribution in [-0.2, 0) is 9.47 Å². The van der Waals surface area contributed by atoms with Crippen LogP contribution >= 0.6 is 0 Å². The van der Waals surface area contributed by atoms with Gasteiger partial charge in [-0.25, -0.2) is 0 Å². The molecule has 1 saturated carbocycles. The summed E-state index contributed by atoms with van der Waals surface area (Å²) < 4.78 is 11.7. The van der Waals surface area contributed by atoms with E-state index in [1.807, 2.05) is 0 Å². The lowest BCUT2D eigenvalue weighted by Gasteiger charge is -2.43. The molecule has 0 amide bonds. The Morgan fingerprint density at radius 1 is 0.947 bits per heavy atom. The average Bonchev–Trinajstić information content (AvgIpc) is 2.42. The Bertz CT molecular complexity index is 211. The average molecular weight is 270 g/mol. The van der Waals surface area contributed by atoms with Crippen LogP contribution in [0.1, 0.15) is 66.2 Å². The van der Waals surface area contributed by atoms with E-state index in [9.17, 15) is 0 Å². The van der Waals surface area contributed by atoms with E-state index < -0.39 is 0 Å². The number of hydrogen-bond acceptors (Lipinski definition) is 2. The Hall–Kier alpha value is -0.0800. The van der Waals surface area contributed by atoms with Crippen molar-refractivity contribution in [2.24, 2.45) is 17.3 Å². The molecule has 0 saturated heterocycles. The van der Waals surface area contributed by atoms with Gasteiger partial charge < -0.3 is 9.47 Å². The molecule has 0 spiro atoms. The summed E-state index contributed by atoms with van der Waals surface area (Å²) in [5.41, 5.74) is 0.251. The quantitative estimate of drug-likeness (QED) is 0.606. The maximum Gasteiger partial charge on any atom is 0.0547 e. The summed E-state index contributed by atoms with van der Waals surface area (Å²) in [5.74, 6) is 1.50. The van der Waals surface area contributed by atoms with E-state index in [4.69, 9.17) is 9.47 Å². The fraction of sp³-hybridized carbons (Fsp3) is 1.00. The van der Waals surface area contributed by atoms with E-state index >= 15 is 0 Å². The summed E-state index contributed by atoms with van der Waals surface area (Å²) in [6, 6.07) is 0. The Morgan fingerprint density at radius 3 is 1.89 bits per heavy atom. The smallest absolute Gasteiger partial charge is 0.0547 e. The van der Waals surface area contributed by atoms with E-state index in [2.05, 4.69) is 27.7 Å². The van der Waals surface area contributed by atoms with Gasteiger partial charge in [0.2, 0.25) is 0 Å². The molecule has 0 atom stereocenters. The summed E-state index contributed by atoms with van der Waals surface area (Å²) in [6.07, 6.45) is 8.17. The van der Waals surface area contributed by atoms with Crippen molar-refractivity contribution in [2.45, 2.75) is 66.2 Å². The highest BCUT2D eigenvalue weighted by Crippen LogP contribution is 2.43. The predicted octanol–water partition coefficient (Wildman–Crippen LogP) is 4.67. The lowest BCUT2D eigenvalue weighted by Crippen LogP contribution is -2.42. The van der Waals surface area contributed by atoms with Gasteiger partial charge >= 0.3 is 0 Å². The fourth-order valence-corrected chi connectivity index (χ4v) is 3.70. The molecule has 0 aromatic rings. The Labute approximate surface area is 120 Å². The van der Waals surface area contributed by atoms with Crippen LogP contribution in [0.4, 0.5) is 0 Å². The molecule has 114 valence electrons. The minimum Gasteiger partial charge on any atom is -0.381 e. The molecule has 0 N–H and O–H groups in total. The second-order valence-electron chi connectivity index (χ2n) is 6.57. The molecule has 1 aliphatic rings. The number of ether oxygens (including phenoxy) is 2. The van der Waals surface area contributed by atoms with Crippen LogP contribution in [0.2, 0.25) is 0 Å². The van der Waals surface area contributed by atoms with Crippen molar-refractivity contribution < 1.29 is 9.47 Å². The Morgan fingerprint density at radius 2 is 1.47 bits per heavy atom. The standard InChI is InChI=1S/C17H34O2/c1-5-18-13-17(12-15(3)4,14-19-6-2)16-10-8-7-9-11-16/h15-16H,5-14H2,1-4H3. The molecule has 0 aliphatic heterocycles. The van der Waals surface area contributed by atoms with Gasteiger partial charge in [-0.3, -0.25) is 0 Å². The van der Waals surface area contributed by atoms with Gasteiger partial charge in [0.15, 0.2) is 0 Å². The first-order chi connectivity index (χ1) is 9.14. The third-order valence-electron chi connectivity index (χ3n) is 4.47. The summed E-state index contributed by atoms with van der Waals surface area (Å²) in [5, 5.41) is 0. The summed E-state index contributed by atoms with van der Waals surface area (Å²) in [7, 11) is 0. The number of rotatable bonds is 9. The highest BCUT2D eigenvalue weighted by Gasteiger charge is 2.40. The zero-order valence-electron chi connectivity index (χ0n) is 13.5. The Kier molecular flexibility index (Phi) is 8.01. The van der Waals surface area contributed by atoms with Crippen LogP contribution in [0.25, 0.3) is 0 Å². The van der Waals surface area contributed by atoms with Gasteiger partial charge in [0, 0.05) is 18.6 Å². The molecule has 0 aromatic heterocycles. The second-order valence-corrected chi connectivity index (χ2v) is 6.57. The normalized spacial score (nSPS) is 18.2. The first kappa shape index (κ1) is 17.0. The van der Waals surface area contributed by atoms with E-state index in [-0.39, 0.29) is 5.41 Å². The van der Waals surface area contributed by atoms with Crippen molar-refractivity contribution in [1.29, 1.82) is 0 Å². The third kappa shape index (κ3) is 5.43. The van der Waals surface area contributed by atoms with Crippen molar-refractivity contribution in [3.05, 3.63) is 0 Å². The number of hydrogen-bond donors (Lipinski definition) is 0. The minimum absolute atomic E-state index is 0.251. The van der Waals surface area contributed by atoms with Gasteiger partial charge in [-0.15, -0.1) is 0 Å². The Balaban J connectivity index is 2.79.